The van der Waals surface area contributed by atoms with Crippen molar-refractivity contribution in [2.45, 2.75) is 13.0 Å². The molecular weight excluding hydrogens is 381 g/mol. The molecule has 0 unspecified atom stereocenters. The lowest BCUT2D eigenvalue weighted by atomic mass is 10.1. The largest absolute Gasteiger partial charge is 0.493 e. The van der Waals surface area contributed by atoms with E-state index in [1.54, 1.807) is 12.1 Å². The number of esters is 1. The van der Waals surface area contributed by atoms with Gasteiger partial charge in [-0.3, -0.25) is 4.79 Å². The third kappa shape index (κ3) is 5.25. The van der Waals surface area contributed by atoms with Gasteiger partial charge in [-0.2, -0.15) is 0 Å². The number of nitrogens with one attached hydrogen (secondary N) is 1. The molecule has 0 bridgehead atoms. The highest BCUT2D eigenvalue weighted by atomic mass is 19.1. The summed E-state index contributed by atoms with van der Waals surface area (Å²) >= 11 is 0. The molecule has 0 aliphatic carbocycles. The van der Waals surface area contributed by atoms with Crippen LogP contribution in [-0.2, 0) is 14.3 Å². The van der Waals surface area contributed by atoms with E-state index in [1.807, 2.05) is 0 Å². The quantitative estimate of drug-likeness (QED) is 0.591. The summed E-state index contributed by atoms with van der Waals surface area (Å²) in [6, 6.07) is 8.83. The lowest BCUT2D eigenvalue weighted by Crippen LogP contribution is -2.29. The van der Waals surface area contributed by atoms with Crippen molar-refractivity contribution >= 4 is 23.6 Å². The summed E-state index contributed by atoms with van der Waals surface area (Å²) in [6.07, 6.45) is 1.64. The first-order valence-electron chi connectivity index (χ1n) is 8.89. The Morgan fingerprint density at radius 2 is 2.00 bits per heavy atom. The maximum absolute atomic E-state index is 13.2. The van der Waals surface area contributed by atoms with E-state index in [4.69, 9.17) is 18.9 Å². The predicted molar refractivity (Wildman–Crippen MR) is 104 cm³/mol. The van der Waals surface area contributed by atoms with E-state index in [2.05, 4.69) is 5.32 Å². The summed E-state index contributed by atoms with van der Waals surface area (Å²) in [5.41, 5.74) is 0.914. The molecule has 152 valence electrons. The average Bonchev–Trinajstić information content (AvgIpc) is 2.71. The number of fused-ring (bicyclic) bond motifs is 1. The molecule has 0 radical (unpaired) electrons. The number of amides is 1. The van der Waals surface area contributed by atoms with Crippen LogP contribution in [0.4, 0.5) is 10.1 Å². The summed E-state index contributed by atoms with van der Waals surface area (Å²) in [5, 5.41) is 2.48. The smallest absolute Gasteiger partial charge is 0.331 e. The Morgan fingerprint density at radius 3 is 2.76 bits per heavy atom. The molecule has 0 saturated carbocycles. The Balaban J connectivity index is 1.61. The Labute approximate surface area is 167 Å². The van der Waals surface area contributed by atoms with Crippen LogP contribution in [0.1, 0.15) is 12.5 Å². The Hall–Kier alpha value is -3.55. The molecule has 2 aromatic rings. The van der Waals surface area contributed by atoms with Gasteiger partial charge in [0.2, 0.25) is 5.75 Å². The van der Waals surface area contributed by atoms with Gasteiger partial charge in [0.15, 0.2) is 17.6 Å². The van der Waals surface area contributed by atoms with E-state index < -0.39 is 23.8 Å². The van der Waals surface area contributed by atoms with E-state index in [0.29, 0.717) is 36.0 Å². The van der Waals surface area contributed by atoms with Gasteiger partial charge in [0, 0.05) is 11.8 Å². The Bertz CT molecular complexity index is 926. The predicted octanol–water partition coefficient (Wildman–Crippen LogP) is 3.19. The second-order valence-electron chi connectivity index (χ2n) is 6.16. The zero-order valence-corrected chi connectivity index (χ0v) is 15.9. The van der Waals surface area contributed by atoms with Crippen LogP contribution in [-0.4, -0.2) is 38.3 Å². The SMILES string of the molecule is COc1cc(/C=C/C(=O)O[C@H](C)C(=O)Nc2cccc(F)c2)cc2c1OCCO2. The number of ether oxygens (including phenoxy) is 4. The summed E-state index contributed by atoms with van der Waals surface area (Å²) in [5.74, 6) is -0.241. The summed E-state index contributed by atoms with van der Waals surface area (Å²) < 4.78 is 34.6. The number of rotatable bonds is 6. The third-order valence-corrected chi connectivity index (χ3v) is 4.02. The molecule has 0 saturated heterocycles. The number of benzene rings is 2. The van der Waals surface area contributed by atoms with Crippen LogP contribution in [0.2, 0.25) is 0 Å². The molecule has 1 aliphatic heterocycles. The average molecular weight is 401 g/mol. The van der Waals surface area contributed by atoms with Crippen LogP contribution in [0.25, 0.3) is 6.08 Å². The molecule has 1 heterocycles. The molecule has 29 heavy (non-hydrogen) atoms. The van der Waals surface area contributed by atoms with Gasteiger partial charge in [-0.15, -0.1) is 0 Å². The minimum atomic E-state index is -1.06. The maximum atomic E-state index is 13.2. The van der Waals surface area contributed by atoms with Gasteiger partial charge >= 0.3 is 5.97 Å². The topological polar surface area (TPSA) is 83.1 Å². The second kappa shape index (κ2) is 9.09. The lowest BCUT2D eigenvalue weighted by molar-refractivity contribution is -0.148. The van der Waals surface area contributed by atoms with Crippen LogP contribution >= 0.6 is 0 Å². The van der Waals surface area contributed by atoms with Crippen molar-refractivity contribution in [2.24, 2.45) is 0 Å². The molecule has 8 heteroatoms. The maximum Gasteiger partial charge on any atom is 0.331 e. The number of anilines is 1. The van der Waals surface area contributed by atoms with Crippen molar-refractivity contribution in [2.75, 3.05) is 25.6 Å². The molecule has 1 N–H and O–H groups in total. The van der Waals surface area contributed by atoms with Crippen molar-refractivity contribution in [3.63, 3.8) is 0 Å². The number of hydrogen-bond acceptors (Lipinski definition) is 6. The molecular formula is C21H20FNO6. The van der Waals surface area contributed by atoms with Crippen molar-refractivity contribution in [1.29, 1.82) is 0 Å². The van der Waals surface area contributed by atoms with Crippen molar-refractivity contribution in [1.82, 2.24) is 0 Å². The minimum absolute atomic E-state index is 0.275. The van der Waals surface area contributed by atoms with E-state index in [9.17, 15) is 14.0 Å². The molecule has 1 atom stereocenters. The van der Waals surface area contributed by atoms with E-state index >= 15 is 0 Å². The molecule has 0 spiro atoms. The standard InChI is InChI=1S/C21H20FNO6/c1-13(21(25)23-16-5-3-4-15(22)12-16)29-19(24)7-6-14-10-17(26-2)20-18(11-14)27-8-9-28-20/h3-7,10-13H,8-9H2,1-2H3,(H,23,25)/b7-6+/t13-/m1/s1. The van der Waals surface area contributed by atoms with Crippen LogP contribution in [0, 0.1) is 5.82 Å². The van der Waals surface area contributed by atoms with Crippen LogP contribution in [0.15, 0.2) is 42.5 Å². The van der Waals surface area contributed by atoms with Crippen LogP contribution in [0.5, 0.6) is 17.2 Å². The molecule has 1 amide bonds. The first-order valence-corrected chi connectivity index (χ1v) is 8.89. The van der Waals surface area contributed by atoms with Gasteiger partial charge in [0.1, 0.15) is 19.0 Å². The molecule has 0 aromatic heterocycles. The molecule has 2 aromatic carbocycles. The summed E-state index contributed by atoms with van der Waals surface area (Å²) in [7, 11) is 1.51. The number of methoxy groups -OCH3 is 1. The van der Waals surface area contributed by atoms with E-state index in [0.717, 1.165) is 0 Å². The second-order valence-corrected chi connectivity index (χ2v) is 6.16. The molecule has 1 aliphatic rings. The monoisotopic (exact) mass is 401 g/mol. The van der Waals surface area contributed by atoms with Gasteiger partial charge in [-0.1, -0.05) is 6.07 Å². The van der Waals surface area contributed by atoms with Gasteiger partial charge in [-0.05, 0) is 48.9 Å². The van der Waals surface area contributed by atoms with Gasteiger partial charge in [-0.25, -0.2) is 9.18 Å². The highest BCUT2D eigenvalue weighted by Gasteiger charge is 2.19. The first-order chi connectivity index (χ1) is 14.0. The fourth-order valence-corrected chi connectivity index (χ4v) is 2.63. The fraction of sp³-hybridized carbons (Fsp3) is 0.238. The van der Waals surface area contributed by atoms with Crippen molar-refractivity contribution in [3.05, 3.63) is 53.9 Å². The van der Waals surface area contributed by atoms with E-state index in [1.165, 1.54) is 50.5 Å². The summed E-state index contributed by atoms with van der Waals surface area (Å²) in [4.78, 5) is 24.1. The van der Waals surface area contributed by atoms with E-state index in [-0.39, 0.29) is 5.69 Å². The number of carbonyl (C=O) groups excluding carboxylic acids is 2. The van der Waals surface area contributed by atoms with Crippen LogP contribution in [0.3, 0.4) is 0 Å². The number of carbonyl (C=O) groups is 2. The minimum Gasteiger partial charge on any atom is -0.493 e. The first kappa shape index (κ1) is 20.2. The highest BCUT2D eigenvalue weighted by Crippen LogP contribution is 2.40. The van der Waals surface area contributed by atoms with Gasteiger partial charge in [0.25, 0.3) is 5.91 Å². The van der Waals surface area contributed by atoms with Crippen LogP contribution < -0.4 is 19.5 Å². The molecule has 0 fully saturated rings. The van der Waals surface area contributed by atoms with Crippen molar-refractivity contribution in [3.8, 4) is 17.2 Å². The third-order valence-electron chi connectivity index (χ3n) is 4.02. The highest BCUT2D eigenvalue weighted by molar-refractivity contribution is 5.96. The Kier molecular flexibility index (Phi) is 6.33. The zero-order chi connectivity index (χ0) is 20.8. The molecule has 7 nitrogen and oxygen atoms in total. The number of halogens is 1. The Morgan fingerprint density at radius 1 is 1.21 bits per heavy atom. The van der Waals surface area contributed by atoms with Gasteiger partial charge < -0.3 is 24.3 Å². The fourth-order valence-electron chi connectivity index (χ4n) is 2.63. The van der Waals surface area contributed by atoms with Gasteiger partial charge in [0.05, 0.1) is 7.11 Å². The normalized spacial score (nSPS) is 13.6. The van der Waals surface area contributed by atoms with Crippen molar-refractivity contribution < 1.29 is 32.9 Å². The lowest BCUT2D eigenvalue weighted by Gasteiger charge is -2.20. The summed E-state index contributed by atoms with van der Waals surface area (Å²) in [6.45, 7) is 2.28. The molecule has 3 rings (SSSR count). The number of hydrogen-bond donors (Lipinski definition) is 1. The zero-order valence-electron chi connectivity index (χ0n) is 15.9.